The van der Waals surface area contributed by atoms with E-state index in [9.17, 15) is 0 Å². The van der Waals surface area contributed by atoms with Gasteiger partial charge in [0.25, 0.3) is 0 Å². The zero-order valence-corrected chi connectivity index (χ0v) is 12.5. The van der Waals surface area contributed by atoms with Crippen LogP contribution in [0, 0.1) is 13.8 Å². The Balaban J connectivity index is 1.99. The number of nitrogens with zero attached hydrogens (tertiary/aromatic N) is 3. The van der Waals surface area contributed by atoms with E-state index < -0.39 is 0 Å². The quantitative estimate of drug-likeness (QED) is 0.943. The second-order valence-electron chi connectivity index (χ2n) is 4.34. The standard InChI is InChI=1S/C13H17BrN4/c1-9-5-4-6-16-11(9)7-15-8-12-13(14)10(2)17-18(12)3/h4-6,15H,7-8H2,1-3H3. The fraction of sp³-hybridized carbons (Fsp3) is 0.385. The van der Waals surface area contributed by atoms with Gasteiger partial charge in [0.1, 0.15) is 0 Å². The zero-order chi connectivity index (χ0) is 13.1. The lowest BCUT2D eigenvalue weighted by Gasteiger charge is -2.07. The Morgan fingerprint density at radius 3 is 2.72 bits per heavy atom. The summed E-state index contributed by atoms with van der Waals surface area (Å²) in [4.78, 5) is 4.36. The van der Waals surface area contributed by atoms with Crippen LogP contribution in [0.2, 0.25) is 0 Å². The monoisotopic (exact) mass is 308 g/mol. The molecule has 0 aliphatic carbocycles. The predicted octanol–water partition coefficient (Wildman–Crippen LogP) is 2.48. The fourth-order valence-corrected chi connectivity index (χ4v) is 2.35. The second kappa shape index (κ2) is 5.63. The third-order valence-electron chi connectivity index (χ3n) is 2.96. The summed E-state index contributed by atoms with van der Waals surface area (Å²) in [5, 5.41) is 7.77. The van der Waals surface area contributed by atoms with E-state index in [1.54, 1.807) is 0 Å². The van der Waals surface area contributed by atoms with Gasteiger partial charge in [0.15, 0.2) is 0 Å². The van der Waals surface area contributed by atoms with E-state index >= 15 is 0 Å². The highest BCUT2D eigenvalue weighted by atomic mass is 79.9. The molecule has 0 bridgehead atoms. The van der Waals surface area contributed by atoms with E-state index in [4.69, 9.17) is 0 Å². The smallest absolute Gasteiger partial charge is 0.0739 e. The zero-order valence-electron chi connectivity index (χ0n) is 10.9. The molecule has 0 spiro atoms. The first-order valence-corrected chi connectivity index (χ1v) is 6.68. The fourth-order valence-electron chi connectivity index (χ4n) is 1.87. The van der Waals surface area contributed by atoms with E-state index in [1.807, 2.05) is 30.9 Å². The summed E-state index contributed by atoms with van der Waals surface area (Å²) in [7, 11) is 1.96. The molecule has 0 aliphatic heterocycles. The van der Waals surface area contributed by atoms with Crippen molar-refractivity contribution in [1.82, 2.24) is 20.1 Å². The molecule has 1 N–H and O–H groups in total. The first-order chi connectivity index (χ1) is 8.59. The summed E-state index contributed by atoms with van der Waals surface area (Å²) in [5.74, 6) is 0. The van der Waals surface area contributed by atoms with Crippen LogP contribution in [0.25, 0.3) is 0 Å². The number of pyridine rings is 1. The van der Waals surface area contributed by atoms with Gasteiger partial charge < -0.3 is 5.32 Å². The van der Waals surface area contributed by atoms with Crippen LogP contribution in [0.5, 0.6) is 0 Å². The molecule has 0 aliphatic rings. The van der Waals surface area contributed by atoms with Crippen LogP contribution in [0.4, 0.5) is 0 Å². The molecule has 18 heavy (non-hydrogen) atoms. The van der Waals surface area contributed by atoms with E-state index in [-0.39, 0.29) is 0 Å². The van der Waals surface area contributed by atoms with Crippen molar-refractivity contribution in [1.29, 1.82) is 0 Å². The third-order valence-corrected chi connectivity index (χ3v) is 4.00. The summed E-state index contributed by atoms with van der Waals surface area (Å²) >= 11 is 3.56. The van der Waals surface area contributed by atoms with Crippen LogP contribution in [-0.4, -0.2) is 14.8 Å². The maximum absolute atomic E-state index is 4.37. The Morgan fingerprint density at radius 2 is 2.11 bits per heavy atom. The molecule has 2 aromatic heterocycles. The molecule has 4 nitrogen and oxygen atoms in total. The normalized spacial score (nSPS) is 10.9. The Labute approximate surface area is 116 Å². The lowest BCUT2D eigenvalue weighted by molar-refractivity contribution is 0.615. The number of halogens is 1. The third kappa shape index (κ3) is 2.79. The van der Waals surface area contributed by atoms with Crippen LogP contribution in [-0.2, 0) is 20.1 Å². The molecule has 2 aromatic rings. The van der Waals surface area contributed by atoms with Crippen molar-refractivity contribution < 1.29 is 0 Å². The summed E-state index contributed by atoms with van der Waals surface area (Å²) < 4.78 is 2.98. The number of hydrogen-bond donors (Lipinski definition) is 1. The molecule has 2 rings (SSSR count). The molecular weight excluding hydrogens is 292 g/mol. The van der Waals surface area contributed by atoms with Crippen LogP contribution >= 0.6 is 15.9 Å². The average Bonchev–Trinajstić information content (AvgIpc) is 2.58. The SMILES string of the molecule is Cc1cccnc1CNCc1c(Br)c(C)nn1C. The molecule has 0 amide bonds. The number of hydrogen-bond acceptors (Lipinski definition) is 3. The Kier molecular flexibility index (Phi) is 4.14. The van der Waals surface area contributed by atoms with Gasteiger partial charge in [0.2, 0.25) is 0 Å². The molecule has 0 unspecified atom stereocenters. The van der Waals surface area contributed by atoms with Crippen molar-refractivity contribution in [2.75, 3.05) is 0 Å². The molecule has 0 fully saturated rings. The number of aryl methyl sites for hydroxylation is 3. The largest absolute Gasteiger partial charge is 0.305 e. The topological polar surface area (TPSA) is 42.7 Å². The maximum atomic E-state index is 4.37. The highest BCUT2D eigenvalue weighted by molar-refractivity contribution is 9.10. The van der Waals surface area contributed by atoms with E-state index in [2.05, 4.69) is 44.3 Å². The lowest BCUT2D eigenvalue weighted by Crippen LogP contribution is -2.17. The predicted molar refractivity (Wildman–Crippen MR) is 75.2 cm³/mol. The van der Waals surface area contributed by atoms with Crippen molar-refractivity contribution >= 4 is 15.9 Å². The minimum absolute atomic E-state index is 0.767. The van der Waals surface area contributed by atoms with Crippen molar-refractivity contribution in [3.8, 4) is 0 Å². The minimum Gasteiger partial charge on any atom is -0.305 e. The van der Waals surface area contributed by atoms with Crippen molar-refractivity contribution in [3.05, 3.63) is 45.4 Å². The molecule has 0 radical (unpaired) electrons. The first-order valence-electron chi connectivity index (χ1n) is 5.88. The van der Waals surface area contributed by atoms with Crippen molar-refractivity contribution in [2.24, 2.45) is 7.05 Å². The summed E-state index contributed by atoms with van der Waals surface area (Å²) in [5.41, 5.74) is 4.47. The van der Waals surface area contributed by atoms with E-state index in [0.29, 0.717) is 0 Å². The molecule has 2 heterocycles. The Hall–Kier alpha value is -1.20. The Bertz CT molecular complexity index is 548. The van der Waals surface area contributed by atoms with Crippen molar-refractivity contribution in [3.63, 3.8) is 0 Å². The lowest BCUT2D eigenvalue weighted by atomic mass is 10.2. The molecule has 5 heteroatoms. The van der Waals surface area contributed by atoms with Gasteiger partial charge in [-0.1, -0.05) is 6.07 Å². The number of aromatic nitrogens is 3. The van der Waals surface area contributed by atoms with Gasteiger partial charge >= 0.3 is 0 Å². The molecular formula is C13H17BrN4. The number of rotatable bonds is 4. The van der Waals surface area contributed by atoms with E-state index in [0.717, 1.165) is 34.6 Å². The number of nitrogens with one attached hydrogen (secondary N) is 1. The van der Waals surface area contributed by atoms with Crippen molar-refractivity contribution in [2.45, 2.75) is 26.9 Å². The van der Waals surface area contributed by atoms with Gasteiger partial charge in [0, 0.05) is 26.3 Å². The molecule has 96 valence electrons. The van der Waals surface area contributed by atoms with Gasteiger partial charge in [-0.05, 0) is 41.4 Å². The molecule has 0 saturated heterocycles. The van der Waals surface area contributed by atoms with Crippen LogP contribution in [0.15, 0.2) is 22.8 Å². The van der Waals surface area contributed by atoms with Gasteiger partial charge in [-0.2, -0.15) is 5.10 Å². The van der Waals surface area contributed by atoms with E-state index in [1.165, 1.54) is 5.56 Å². The van der Waals surface area contributed by atoms with Gasteiger partial charge in [-0.25, -0.2) is 0 Å². The van der Waals surface area contributed by atoms with Crippen LogP contribution < -0.4 is 5.32 Å². The Morgan fingerprint density at radius 1 is 1.33 bits per heavy atom. The molecule has 0 saturated carbocycles. The summed E-state index contributed by atoms with van der Waals surface area (Å²) in [6.07, 6.45) is 1.83. The maximum Gasteiger partial charge on any atom is 0.0739 e. The van der Waals surface area contributed by atoms with Crippen LogP contribution in [0.1, 0.15) is 22.6 Å². The average molecular weight is 309 g/mol. The van der Waals surface area contributed by atoms with Gasteiger partial charge in [-0.15, -0.1) is 0 Å². The highest BCUT2D eigenvalue weighted by Crippen LogP contribution is 2.19. The second-order valence-corrected chi connectivity index (χ2v) is 5.13. The molecule has 0 aromatic carbocycles. The van der Waals surface area contributed by atoms with Crippen LogP contribution in [0.3, 0.4) is 0 Å². The first kappa shape index (κ1) is 13.2. The highest BCUT2D eigenvalue weighted by Gasteiger charge is 2.09. The minimum atomic E-state index is 0.767. The summed E-state index contributed by atoms with van der Waals surface area (Å²) in [6.45, 7) is 5.61. The summed E-state index contributed by atoms with van der Waals surface area (Å²) in [6, 6.07) is 4.04. The van der Waals surface area contributed by atoms with Gasteiger partial charge in [-0.3, -0.25) is 9.67 Å². The van der Waals surface area contributed by atoms with Gasteiger partial charge in [0.05, 0.1) is 21.6 Å². The molecule has 0 atom stereocenters.